The van der Waals surface area contributed by atoms with Crippen LogP contribution < -0.4 is 5.56 Å². The van der Waals surface area contributed by atoms with Crippen molar-refractivity contribution in [3.63, 3.8) is 0 Å². The van der Waals surface area contributed by atoms with Gasteiger partial charge in [0.25, 0.3) is 5.56 Å². The van der Waals surface area contributed by atoms with Crippen LogP contribution in [0.3, 0.4) is 0 Å². The van der Waals surface area contributed by atoms with Crippen molar-refractivity contribution in [1.82, 2.24) is 14.5 Å². The van der Waals surface area contributed by atoms with Crippen molar-refractivity contribution in [3.05, 3.63) is 40.3 Å². The summed E-state index contributed by atoms with van der Waals surface area (Å²) in [6.45, 7) is 0. The molecule has 2 saturated carbocycles. The third-order valence-electron chi connectivity index (χ3n) is 8.74. The summed E-state index contributed by atoms with van der Waals surface area (Å²) in [6.07, 6.45) is 12.6. The van der Waals surface area contributed by atoms with Crippen molar-refractivity contribution in [2.75, 3.05) is 0 Å². The van der Waals surface area contributed by atoms with Gasteiger partial charge in [-0.15, -0.1) is 0 Å². The second-order valence-corrected chi connectivity index (χ2v) is 10.3. The van der Waals surface area contributed by atoms with Gasteiger partial charge in [0.2, 0.25) is 5.69 Å². The Labute approximate surface area is 182 Å². The molecule has 0 radical (unpaired) electrons. The minimum absolute atomic E-state index is 0.0516. The van der Waals surface area contributed by atoms with Crippen molar-refractivity contribution in [2.45, 2.75) is 88.4 Å². The Bertz CT molecular complexity index is 1040. The maximum Gasteiger partial charge on any atom is 0.360 e. The van der Waals surface area contributed by atoms with Gasteiger partial charge in [0.15, 0.2) is 0 Å². The largest absolute Gasteiger partial charge is 0.476 e. The minimum Gasteiger partial charge on any atom is -0.476 e. The van der Waals surface area contributed by atoms with E-state index in [0.29, 0.717) is 17.6 Å². The number of hydrogen-bond donors (Lipinski definition) is 1. The number of hydrogen-bond acceptors (Lipinski definition) is 4. The smallest absolute Gasteiger partial charge is 0.360 e. The molecule has 1 N–H and O–H groups in total. The fraction of sp³-hybridized carbons (Fsp3) is 0.640. The van der Waals surface area contributed by atoms with E-state index in [2.05, 4.69) is 9.88 Å². The summed E-state index contributed by atoms with van der Waals surface area (Å²) in [7, 11) is 0. The van der Waals surface area contributed by atoms with Gasteiger partial charge in [-0.1, -0.05) is 25.0 Å². The second kappa shape index (κ2) is 7.44. The molecular formula is C25H31N3O3. The zero-order chi connectivity index (χ0) is 21.1. The lowest BCUT2D eigenvalue weighted by molar-refractivity contribution is -0.0347. The van der Waals surface area contributed by atoms with Crippen LogP contribution in [0, 0.1) is 11.8 Å². The molecule has 2 atom stereocenters. The van der Waals surface area contributed by atoms with Crippen LogP contribution in [0.4, 0.5) is 0 Å². The van der Waals surface area contributed by atoms with E-state index in [1.54, 1.807) is 4.57 Å². The van der Waals surface area contributed by atoms with E-state index in [1.165, 1.54) is 51.4 Å². The SMILES string of the molecule is O=C(O)c1nc2ccccc2n(C2CC3CCC(C2)N3C2C3CCCC2CCC3)c1=O. The van der Waals surface area contributed by atoms with Gasteiger partial charge in [-0.25, -0.2) is 9.78 Å². The third-order valence-corrected chi connectivity index (χ3v) is 8.74. The molecule has 2 aromatic rings. The molecule has 1 aromatic heterocycles. The average Bonchev–Trinajstić information content (AvgIpc) is 3.01. The fourth-order valence-electron chi connectivity index (χ4n) is 7.67. The molecule has 4 bridgehead atoms. The Kier molecular flexibility index (Phi) is 4.67. The van der Waals surface area contributed by atoms with Gasteiger partial charge in [0.1, 0.15) is 0 Å². The number of rotatable bonds is 3. The number of fused-ring (bicyclic) bond motifs is 6. The predicted molar refractivity (Wildman–Crippen MR) is 118 cm³/mol. The summed E-state index contributed by atoms with van der Waals surface area (Å²) in [4.78, 5) is 32.0. The molecule has 2 aliphatic heterocycles. The molecule has 6 heteroatoms. The molecule has 2 aliphatic carbocycles. The zero-order valence-electron chi connectivity index (χ0n) is 17.9. The highest BCUT2D eigenvalue weighted by Gasteiger charge is 2.50. The maximum atomic E-state index is 13.2. The molecule has 0 amide bonds. The summed E-state index contributed by atoms with van der Waals surface area (Å²) in [6, 6.07) is 9.30. The van der Waals surface area contributed by atoms with Gasteiger partial charge >= 0.3 is 5.97 Å². The van der Waals surface area contributed by atoms with Crippen molar-refractivity contribution in [1.29, 1.82) is 0 Å². The second-order valence-electron chi connectivity index (χ2n) is 10.3. The summed E-state index contributed by atoms with van der Waals surface area (Å²) in [5.41, 5.74) is 0.565. The Balaban J connectivity index is 1.37. The monoisotopic (exact) mass is 421 g/mol. The highest BCUT2D eigenvalue weighted by molar-refractivity contribution is 5.88. The molecule has 6 nitrogen and oxygen atoms in total. The van der Waals surface area contributed by atoms with Crippen molar-refractivity contribution < 1.29 is 9.90 Å². The maximum absolute atomic E-state index is 13.2. The number of piperidine rings is 1. The molecule has 2 unspecified atom stereocenters. The van der Waals surface area contributed by atoms with E-state index in [0.717, 1.165) is 36.2 Å². The first-order valence-corrected chi connectivity index (χ1v) is 12.1. The molecule has 31 heavy (non-hydrogen) atoms. The lowest BCUT2D eigenvalue weighted by atomic mass is 9.67. The van der Waals surface area contributed by atoms with Crippen LogP contribution in [-0.4, -0.2) is 43.7 Å². The number of benzene rings is 1. The van der Waals surface area contributed by atoms with Crippen LogP contribution >= 0.6 is 0 Å². The minimum atomic E-state index is -1.24. The van der Waals surface area contributed by atoms with Crippen LogP contribution in [0.2, 0.25) is 0 Å². The number of para-hydroxylation sites is 2. The quantitative estimate of drug-likeness (QED) is 0.803. The van der Waals surface area contributed by atoms with E-state index in [4.69, 9.17) is 0 Å². The van der Waals surface area contributed by atoms with Crippen molar-refractivity contribution in [2.24, 2.45) is 11.8 Å². The first-order chi connectivity index (χ1) is 15.1. The van der Waals surface area contributed by atoms with E-state index in [9.17, 15) is 14.7 Å². The van der Waals surface area contributed by atoms with E-state index < -0.39 is 11.5 Å². The van der Waals surface area contributed by atoms with Crippen LogP contribution in [-0.2, 0) is 0 Å². The first kappa shape index (κ1) is 19.5. The van der Waals surface area contributed by atoms with Crippen LogP contribution in [0.25, 0.3) is 11.0 Å². The van der Waals surface area contributed by atoms with Gasteiger partial charge in [0.05, 0.1) is 11.0 Å². The lowest BCUT2D eigenvalue weighted by Crippen LogP contribution is -2.57. The summed E-state index contributed by atoms with van der Waals surface area (Å²) in [5, 5.41) is 9.58. The number of aromatic carboxylic acids is 1. The first-order valence-electron chi connectivity index (χ1n) is 12.1. The average molecular weight is 422 g/mol. The Morgan fingerprint density at radius 2 is 1.52 bits per heavy atom. The Hall–Kier alpha value is -2.21. The molecule has 0 spiro atoms. The Morgan fingerprint density at radius 1 is 0.903 bits per heavy atom. The van der Waals surface area contributed by atoms with E-state index >= 15 is 0 Å². The Morgan fingerprint density at radius 3 is 2.13 bits per heavy atom. The zero-order valence-corrected chi connectivity index (χ0v) is 17.9. The molecule has 6 rings (SSSR count). The topological polar surface area (TPSA) is 75.4 Å². The number of aromatic nitrogens is 2. The van der Waals surface area contributed by atoms with Gasteiger partial charge in [-0.3, -0.25) is 9.69 Å². The van der Waals surface area contributed by atoms with E-state index in [-0.39, 0.29) is 11.7 Å². The lowest BCUT2D eigenvalue weighted by Gasteiger charge is -2.53. The third kappa shape index (κ3) is 3.05. The summed E-state index contributed by atoms with van der Waals surface area (Å²) >= 11 is 0. The molecule has 2 saturated heterocycles. The molecule has 164 valence electrons. The van der Waals surface area contributed by atoms with Crippen molar-refractivity contribution in [3.8, 4) is 0 Å². The van der Waals surface area contributed by atoms with Crippen LogP contribution in [0.5, 0.6) is 0 Å². The number of nitrogens with zero attached hydrogens (tertiary/aromatic N) is 3. The van der Waals surface area contributed by atoms with Crippen molar-refractivity contribution >= 4 is 17.0 Å². The number of carboxylic acids is 1. The fourth-order valence-corrected chi connectivity index (χ4v) is 7.67. The van der Waals surface area contributed by atoms with Gasteiger partial charge < -0.3 is 9.67 Å². The normalized spacial score (nSPS) is 35.4. The number of carbonyl (C=O) groups is 1. The van der Waals surface area contributed by atoms with Gasteiger partial charge in [-0.05, 0) is 75.3 Å². The molecule has 3 heterocycles. The molecule has 4 aliphatic rings. The van der Waals surface area contributed by atoms with Crippen LogP contribution in [0.15, 0.2) is 29.1 Å². The van der Waals surface area contributed by atoms with Gasteiger partial charge in [0, 0.05) is 24.2 Å². The molecular weight excluding hydrogens is 390 g/mol. The van der Waals surface area contributed by atoms with Crippen LogP contribution in [0.1, 0.15) is 80.7 Å². The van der Waals surface area contributed by atoms with Gasteiger partial charge in [-0.2, -0.15) is 0 Å². The highest BCUT2D eigenvalue weighted by Crippen LogP contribution is 2.50. The standard InChI is InChI=1S/C25H31N3O3/c29-24-22(25(30)31)26-20-9-1-2-10-21(20)28(24)19-13-17-11-12-18(14-19)27(17)23-15-5-3-6-16(23)8-4-7-15/h1-2,9-10,15-19,23H,3-8,11-14H2,(H,30,31). The number of carboxylic acid groups (broad SMARTS) is 1. The molecule has 1 aromatic carbocycles. The van der Waals surface area contributed by atoms with E-state index in [1.807, 2.05) is 24.3 Å². The summed E-state index contributed by atoms with van der Waals surface area (Å²) < 4.78 is 1.77. The predicted octanol–water partition coefficient (Wildman–Crippen LogP) is 4.23. The highest BCUT2D eigenvalue weighted by atomic mass is 16.4. The summed E-state index contributed by atoms with van der Waals surface area (Å²) in [5.74, 6) is 0.477. The molecule has 4 fully saturated rings.